The molecule has 3 rings (SSSR count). The summed E-state index contributed by atoms with van der Waals surface area (Å²) < 4.78 is 7.82. The second-order valence-corrected chi connectivity index (χ2v) is 5.63. The Bertz CT molecular complexity index is 610. The zero-order valence-electron chi connectivity index (χ0n) is 11.6. The van der Waals surface area contributed by atoms with E-state index in [4.69, 9.17) is 10.5 Å². The van der Waals surface area contributed by atoms with E-state index in [-0.39, 0.29) is 0 Å². The summed E-state index contributed by atoms with van der Waals surface area (Å²) in [5.41, 5.74) is 7.34. The van der Waals surface area contributed by atoms with Crippen LogP contribution in [0.4, 0.5) is 5.82 Å². The first-order valence-corrected chi connectivity index (χ1v) is 7.62. The Morgan fingerprint density at radius 1 is 1.24 bits per heavy atom. The molecule has 8 heteroatoms. The minimum absolute atomic E-state index is 0.387. The predicted octanol–water partition coefficient (Wildman–Crippen LogP) is 1.02. The summed E-state index contributed by atoms with van der Waals surface area (Å²) >= 11 is 3.29. The molecule has 21 heavy (non-hydrogen) atoms. The van der Waals surface area contributed by atoms with Crippen molar-refractivity contribution in [2.75, 3.05) is 38.6 Å². The van der Waals surface area contributed by atoms with Gasteiger partial charge in [0, 0.05) is 31.4 Å². The van der Waals surface area contributed by atoms with Gasteiger partial charge in [0.25, 0.3) is 0 Å². The third-order valence-corrected chi connectivity index (χ3v) is 4.02. The Balaban J connectivity index is 1.63. The van der Waals surface area contributed by atoms with Gasteiger partial charge < -0.3 is 10.5 Å². The Hall–Kier alpha value is -1.51. The first-order chi connectivity index (χ1) is 10.2. The van der Waals surface area contributed by atoms with Crippen LogP contribution in [0, 0.1) is 0 Å². The van der Waals surface area contributed by atoms with Crippen LogP contribution in [-0.2, 0) is 11.3 Å². The zero-order chi connectivity index (χ0) is 14.7. The summed E-state index contributed by atoms with van der Waals surface area (Å²) in [6, 6.07) is 0. The molecule has 0 bridgehead atoms. The van der Waals surface area contributed by atoms with Gasteiger partial charge in [-0.15, -0.1) is 0 Å². The molecular weight excluding hydrogens is 336 g/mol. The van der Waals surface area contributed by atoms with E-state index in [9.17, 15) is 0 Å². The molecule has 1 saturated heterocycles. The molecule has 7 nitrogen and oxygen atoms in total. The molecule has 2 aromatic rings. The molecule has 0 unspecified atom stereocenters. The number of rotatable bonds is 4. The molecule has 0 aromatic carbocycles. The van der Waals surface area contributed by atoms with Crippen molar-refractivity contribution in [3.63, 3.8) is 0 Å². The second kappa shape index (κ2) is 6.50. The predicted molar refractivity (Wildman–Crippen MR) is 82.6 cm³/mol. The summed E-state index contributed by atoms with van der Waals surface area (Å²) in [5, 5.41) is 4.37. The number of ether oxygens (including phenoxy) is 1. The van der Waals surface area contributed by atoms with Gasteiger partial charge in [0.1, 0.15) is 4.60 Å². The van der Waals surface area contributed by atoms with Gasteiger partial charge in [-0.2, -0.15) is 5.10 Å². The molecule has 0 spiro atoms. The number of anilines is 1. The molecule has 2 aromatic heterocycles. The number of nitrogens with two attached hydrogens (primary N) is 1. The first kappa shape index (κ1) is 14.4. The number of hydrogen-bond acceptors (Lipinski definition) is 6. The molecule has 0 aliphatic carbocycles. The van der Waals surface area contributed by atoms with E-state index in [1.165, 1.54) is 0 Å². The largest absolute Gasteiger partial charge is 0.381 e. The lowest BCUT2D eigenvalue weighted by Gasteiger charge is -2.26. The average molecular weight is 353 g/mol. The highest BCUT2D eigenvalue weighted by atomic mass is 79.9. The summed E-state index contributed by atoms with van der Waals surface area (Å²) in [6.45, 7) is 5.44. The fourth-order valence-corrected chi connectivity index (χ4v) is 2.50. The highest BCUT2D eigenvalue weighted by Gasteiger charge is 2.11. The van der Waals surface area contributed by atoms with Gasteiger partial charge >= 0.3 is 0 Å². The monoisotopic (exact) mass is 352 g/mol. The van der Waals surface area contributed by atoms with E-state index in [2.05, 4.69) is 35.9 Å². The molecule has 1 fully saturated rings. The molecule has 3 heterocycles. The first-order valence-electron chi connectivity index (χ1n) is 6.83. The van der Waals surface area contributed by atoms with Crippen LogP contribution in [0.25, 0.3) is 11.3 Å². The van der Waals surface area contributed by atoms with Gasteiger partial charge in [0.2, 0.25) is 0 Å². The summed E-state index contributed by atoms with van der Waals surface area (Å²) in [5.74, 6) is 0.387. The lowest BCUT2D eigenvalue weighted by Crippen LogP contribution is -2.38. The maximum Gasteiger partial charge on any atom is 0.156 e. The van der Waals surface area contributed by atoms with E-state index < -0.39 is 0 Å². The highest BCUT2D eigenvalue weighted by molar-refractivity contribution is 9.10. The van der Waals surface area contributed by atoms with Crippen molar-refractivity contribution < 1.29 is 4.74 Å². The SMILES string of the molecule is Nc1ncc(-c2cnn(CCN3CCOCC3)c2)nc1Br. The second-order valence-electron chi connectivity index (χ2n) is 4.88. The molecule has 0 saturated carbocycles. The lowest BCUT2D eigenvalue weighted by atomic mass is 10.3. The van der Waals surface area contributed by atoms with Crippen LogP contribution in [0.3, 0.4) is 0 Å². The van der Waals surface area contributed by atoms with Gasteiger partial charge in [0.15, 0.2) is 5.82 Å². The number of morpholine rings is 1. The van der Waals surface area contributed by atoms with Gasteiger partial charge in [-0.1, -0.05) is 0 Å². The van der Waals surface area contributed by atoms with Crippen LogP contribution < -0.4 is 5.73 Å². The lowest BCUT2D eigenvalue weighted by molar-refractivity contribution is 0.0360. The third kappa shape index (κ3) is 3.58. The van der Waals surface area contributed by atoms with E-state index in [1.807, 2.05) is 10.9 Å². The minimum atomic E-state index is 0.387. The zero-order valence-corrected chi connectivity index (χ0v) is 13.2. The Kier molecular flexibility index (Phi) is 4.47. The number of aromatic nitrogens is 4. The normalized spacial score (nSPS) is 16.2. The molecular formula is C13H17BrN6O. The smallest absolute Gasteiger partial charge is 0.156 e. The van der Waals surface area contributed by atoms with Crippen molar-refractivity contribution in [1.29, 1.82) is 0 Å². The summed E-state index contributed by atoms with van der Waals surface area (Å²) in [7, 11) is 0. The standard InChI is InChI=1S/C13H17BrN6O/c14-12-13(15)16-8-11(18-12)10-7-17-20(9-10)2-1-19-3-5-21-6-4-19/h7-9H,1-6H2,(H2,15,16). The number of halogens is 1. The van der Waals surface area contributed by atoms with Crippen LogP contribution in [0.2, 0.25) is 0 Å². The molecule has 1 aliphatic heterocycles. The molecule has 2 N–H and O–H groups in total. The maximum absolute atomic E-state index is 5.65. The Labute approximate surface area is 131 Å². The topological polar surface area (TPSA) is 82.1 Å². The summed E-state index contributed by atoms with van der Waals surface area (Å²) in [4.78, 5) is 10.8. The molecule has 0 radical (unpaired) electrons. The van der Waals surface area contributed by atoms with Crippen molar-refractivity contribution >= 4 is 21.7 Å². The summed E-state index contributed by atoms with van der Waals surface area (Å²) in [6.07, 6.45) is 5.43. The Morgan fingerprint density at radius 2 is 2.05 bits per heavy atom. The van der Waals surface area contributed by atoms with Crippen molar-refractivity contribution in [3.05, 3.63) is 23.2 Å². The van der Waals surface area contributed by atoms with Crippen LogP contribution in [0.1, 0.15) is 0 Å². The number of hydrogen-bond donors (Lipinski definition) is 1. The van der Waals surface area contributed by atoms with Crippen LogP contribution in [-0.4, -0.2) is 57.5 Å². The molecule has 1 aliphatic rings. The quantitative estimate of drug-likeness (QED) is 0.884. The van der Waals surface area contributed by atoms with Crippen molar-refractivity contribution in [2.45, 2.75) is 6.54 Å². The molecule has 0 amide bonds. The maximum atomic E-state index is 5.65. The Morgan fingerprint density at radius 3 is 2.81 bits per heavy atom. The van der Waals surface area contributed by atoms with E-state index in [1.54, 1.807) is 12.4 Å². The van der Waals surface area contributed by atoms with Crippen molar-refractivity contribution in [2.24, 2.45) is 0 Å². The van der Waals surface area contributed by atoms with Crippen LogP contribution in [0.15, 0.2) is 23.2 Å². The average Bonchev–Trinajstić information content (AvgIpc) is 2.98. The third-order valence-electron chi connectivity index (χ3n) is 3.43. The number of nitrogens with zero attached hydrogens (tertiary/aromatic N) is 5. The van der Waals surface area contributed by atoms with Crippen molar-refractivity contribution in [1.82, 2.24) is 24.6 Å². The fraction of sp³-hybridized carbons (Fsp3) is 0.462. The van der Waals surface area contributed by atoms with Crippen molar-refractivity contribution in [3.8, 4) is 11.3 Å². The van der Waals surface area contributed by atoms with E-state index in [0.29, 0.717) is 10.4 Å². The van der Waals surface area contributed by atoms with E-state index in [0.717, 1.165) is 50.7 Å². The van der Waals surface area contributed by atoms with Gasteiger partial charge in [-0.3, -0.25) is 9.58 Å². The molecule has 112 valence electrons. The van der Waals surface area contributed by atoms with Crippen LogP contribution >= 0.6 is 15.9 Å². The molecule has 0 atom stereocenters. The van der Waals surface area contributed by atoms with E-state index >= 15 is 0 Å². The minimum Gasteiger partial charge on any atom is -0.381 e. The van der Waals surface area contributed by atoms with Gasteiger partial charge in [-0.05, 0) is 15.9 Å². The van der Waals surface area contributed by atoms with Gasteiger partial charge in [-0.25, -0.2) is 9.97 Å². The highest BCUT2D eigenvalue weighted by Crippen LogP contribution is 2.20. The number of nitrogen functional groups attached to an aromatic ring is 1. The van der Waals surface area contributed by atoms with Crippen LogP contribution in [0.5, 0.6) is 0 Å². The van der Waals surface area contributed by atoms with Gasteiger partial charge in [0.05, 0.1) is 37.8 Å². The fourth-order valence-electron chi connectivity index (χ4n) is 2.20.